The lowest BCUT2D eigenvalue weighted by molar-refractivity contribution is -0.146. The summed E-state index contributed by atoms with van der Waals surface area (Å²) < 4.78 is 50.1. The summed E-state index contributed by atoms with van der Waals surface area (Å²) in [4.78, 5) is 11.4. The summed E-state index contributed by atoms with van der Waals surface area (Å²) in [6, 6.07) is 6.43. The zero-order chi connectivity index (χ0) is 14.9. The van der Waals surface area contributed by atoms with Crippen LogP contribution in [-0.4, -0.2) is 22.0 Å². The van der Waals surface area contributed by atoms with Gasteiger partial charge in [-0.2, -0.15) is 18.3 Å². The van der Waals surface area contributed by atoms with E-state index in [0.717, 1.165) is 10.00 Å². The van der Waals surface area contributed by atoms with Gasteiger partial charge in [0.2, 0.25) is 0 Å². The number of carbonyl (C=O) groups excluding carboxylic acids is 1. The molecule has 0 saturated heterocycles. The molecule has 2 rings (SSSR count). The molecule has 0 atom stereocenters. The van der Waals surface area contributed by atoms with Gasteiger partial charge in [-0.1, -0.05) is 0 Å². The van der Waals surface area contributed by atoms with Crippen LogP contribution in [0.15, 0.2) is 30.3 Å². The third kappa shape index (κ3) is 3.14. The van der Waals surface area contributed by atoms with Crippen LogP contribution in [0.4, 0.5) is 17.6 Å². The van der Waals surface area contributed by atoms with E-state index < -0.39 is 18.0 Å². The molecule has 0 unspecified atom stereocenters. The van der Waals surface area contributed by atoms with Crippen molar-refractivity contribution in [3.63, 3.8) is 0 Å². The molecule has 2 aromatic rings. The van der Waals surface area contributed by atoms with Crippen molar-refractivity contribution in [3.05, 3.63) is 41.8 Å². The van der Waals surface area contributed by atoms with Gasteiger partial charge in [0.25, 0.3) is 5.91 Å². The Balaban J connectivity index is 2.30. The topological polar surface area (TPSA) is 46.9 Å². The van der Waals surface area contributed by atoms with E-state index in [9.17, 15) is 22.4 Å². The van der Waals surface area contributed by atoms with Crippen LogP contribution in [-0.2, 0) is 7.05 Å². The largest absolute Gasteiger partial charge is 0.484 e. The molecule has 1 amide bonds. The Morgan fingerprint density at radius 2 is 1.85 bits per heavy atom. The SMILES string of the molecule is Cn1nc(-c2ccc(F)cc2)cc1C(=O)NC(F)(F)F. The van der Waals surface area contributed by atoms with Gasteiger partial charge in [-0.25, -0.2) is 4.39 Å². The van der Waals surface area contributed by atoms with Crippen molar-refractivity contribution in [2.75, 3.05) is 0 Å². The van der Waals surface area contributed by atoms with Crippen LogP contribution in [0.5, 0.6) is 0 Å². The van der Waals surface area contributed by atoms with Gasteiger partial charge < -0.3 is 0 Å². The van der Waals surface area contributed by atoms with Crippen LogP contribution < -0.4 is 5.32 Å². The first kappa shape index (κ1) is 14.0. The molecule has 1 aromatic heterocycles. The Hall–Kier alpha value is -2.38. The zero-order valence-electron chi connectivity index (χ0n) is 10.2. The van der Waals surface area contributed by atoms with E-state index in [-0.39, 0.29) is 11.4 Å². The predicted molar refractivity (Wildman–Crippen MR) is 62.1 cm³/mol. The molecule has 0 fully saturated rings. The second-order valence-corrected chi connectivity index (χ2v) is 4.00. The molecular formula is C12H9F4N3O. The Morgan fingerprint density at radius 3 is 2.40 bits per heavy atom. The number of hydrogen-bond acceptors (Lipinski definition) is 2. The van der Waals surface area contributed by atoms with Gasteiger partial charge in [0.15, 0.2) is 0 Å². The molecular weight excluding hydrogens is 278 g/mol. The summed E-state index contributed by atoms with van der Waals surface area (Å²) in [6.07, 6.45) is -4.81. The van der Waals surface area contributed by atoms with Crippen LogP contribution in [0.3, 0.4) is 0 Å². The summed E-state index contributed by atoms with van der Waals surface area (Å²) in [5.74, 6) is -1.75. The summed E-state index contributed by atoms with van der Waals surface area (Å²) in [6.45, 7) is 0. The zero-order valence-corrected chi connectivity index (χ0v) is 10.2. The fourth-order valence-corrected chi connectivity index (χ4v) is 1.63. The number of alkyl halides is 3. The first-order valence-corrected chi connectivity index (χ1v) is 5.45. The van der Waals surface area contributed by atoms with Crippen molar-refractivity contribution < 1.29 is 22.4 Å². The predicted octanol–water partition coefficient (Wildman–Crippen LogP) is 2.48. The minimum Gasteiger partial charge on any atom is -0.267 e. The lowest BCUT2D eigenvalue weighted by Gasteiger charge is -2.07. The fraction of sp³-hybridized carbons (Fsp3) is 0.167. The Morgan fingerprint density at radius 1 is 1.25 bits per heavy atom. The van der Waals surface area contributed by atoms with Crippen LogP contribution in [0.1, 0.15) is 10.5 Å². The normalized spacial score (nSPS) is 11.4. The molecule has 0 radical (unpaired) electrons. The minimum absolute atomic E-state index is 0.248. The number of rotatable bonds is 2. The molecule has 0 aliphatic heterocycles. The average Bonchev–Trinajstić information content (AvgIpc) is 2.70. The maximum absolute atomic E-state index is 12.8. The van der Waals surface area contributed by atoms with Crippen molar-refractivity contribution in [1.82, 2.24) is 15.1 Å². The third-order valence-corrected chi connectivity index (χ3v) is 2.51. The van der Waals surface area contributed by atoms with Crippen LogP contribution >= 0.6 is 0 Å². The number of nitrogens with one attached hydrogen (secondary N) is 1. The number of carbonyl (C=O) groups is 1. The molecule has 0 saturated carbocycles. The molecule has 0 bridgehead atoms. The minimum atomic E-state index is -4.81. The van der Waals surface area contributed by atoms with Gasteiger partial charge in [0.05, 0.1) is 5.69 Å². The lowest BCUT2D eigenvalue weighted by atomic mass is 10.1. The van der Waals surface area contributed by atoms with Crippen molar-refractivity contribution in [3.8, 4) is 11.3 Å². The van der Waals surface area contributed by atoms with Gasteiger partial charge in [-0.3, -0.25) is 14.8 Å². The van der Waals surface area contributed by atoms with E-state index in [4.69, 9.17) is 0 Å². The molecule has 0 spiro atoms. The maximum Gasteiger partial charge on any atom is 0.484 e. The number of aromatic nitrogens is 2. The molecule has 0 aliphatic rings. The van der Waals surface area contributed by atoms with Crippen molar-refractivity contribution in [2.45, 2.75) is 6.30 Å². The quantitative estimate of drug-likeness (QED) is 0.681. The highest BCUT2D eigenvalue weighted by Crippen LogP contribution is 2.20. The molecule has 20 heavy (non-hydrogen) atoms. The monoisotopic (exact) mass is 287 g/mol. The Labute approximate surface area is 111 Å². The Kier molecular flexibility index (Phi) is 3.47. The molecule has 106 valence electrons. The van der Waals surface area contributed by atoms with Gasteiger partial charge in [-0.05, 0) is 30.3 Å². The van der Waals surface area contributed by atoms with E-state index >= 15 is 0 Å². The smallest absolute Gasteiger partial charge is 0.267 e. The molecule has 4 nitrogen and oxygen atoms in total. The first-order chi connectivity index (χ1) is 9.26. The molecule has 8 heteroatoms. The van der Waals surface area contributed by atoms with E-state index in [2.05, 4.69) is 5.10 Å². The number of amides is 1. The van der Waals surface area contributed by atoms with Crippen LogP contribution in [0, 0.1) is 5.82 Å². The van der Waals surface area contributed by atoms with E-state index in [0.29, 0.717) is 5.56 Å². The second-order valence-electron chi connectivity index (χ2n) is 4.00. The number of benzene rings is 1. The molecule has 0 aliphatic carbocycles. The highest BCUT2D eigenvalue weighted by molar-refractivity contribution is 5.93. The summed E-state index contributed by atoms with van der Waals surface area (Å²) in [5.41, 5.74) is 0.523. The highest BCUT2D eigenvalue weighted by atomic mass is 19.4. The average molecular weight is 287 g/mol. The van der Waals surface area contributed by atoms with Gasteiger partial charge in [0.1, 0.15) is 11.5 Å². The van der Waals surface area contributed by atoms with Gasteiger partial charge >= 0.3 is 6.30 Å². The van der Waals surface area contributed by atoms with Crippen LogP contribution in [0.2, 0.25) is 0 Å². The first-order valence-electron chi connectivity index (χ1n) is 5.45. The van der Waals surface area contributed by atoms with E-state index in [1.807, 2.05) is 0 Å². The van der Waals surface area contributed by atoms with Gasteiger partial charge in [-0.15, -0.1) is 0 Å². The number of halogens is 4. The maximum atomic E-state index is 12.8. The van der Waals surface area contributed by atoms with E-state index in [1.165, 1.54) is 37.4 Å². The standard InChI is InChI=1S/C12H9F4N3O/c1-19-10(11(20)17-12(14,15)16)6-9(18-19)7-2-4-8(13)5-3-7/h2-6H,1H3,(H,17,20). The molecule has 1 N–H and O–H groups in total. The van der Waals surface area contributed by atoms with Crippen molar-refractivity contribution in [2.24, 2.45) is 7.05 Å². The Bertz CT molecular complexity index is 631. The molecule has 1 aromatic carbocycles. The number of aryl methyl sites for hydroxylation is 1. The van der Waals surface area contributed by atoms with Crippen molar-refractivity contribution >= 4 is 5.91 Å². The summed E-state index contributed by atoms with van der Waals surface area (Å²) >= 11 is 0. The number of hydrogen-bond donors (Lipinski definition) is 1. The van der Waals surface area contributed by atoms with E-state index in [1.54, 1.807) is 0 Å². The van der Waals surface area contributed by atoms with Gasteiger partial charge in [0, 0.05) is 12.6 Å². The molecule has 1 heterocycles. The fourth-order valence-electron chi connectivity index (χ4n) is 1.63. The summed E-state index contributed by atoms with van der Waals surface area (Å²) in [5, 5.41) is 4.82. The third-order valence-electron chi connectivity index (χ3n) is 2.51. The highest BCUT2D eigenvalue weighted by Gasteiger charge is 2.31. The lowest BCUT2D eigenvalue weighted by Crippen LogP contribution is -2.38. The van der Waals surface area contributed by atoms with Crippen LogP contribution in [0.25, 0.3) is 11.3 Å². The van der Waals surface area contributed by atoms with Crippen molar-refractivity contribution in [1.29, 1.82) is 0 Å². The summed E-state index contributed by atoms with van der Waals surface area (Å²) in [7, 11) is 1.35. The number of nitrogens with zero attached hydrogens (tertiary/aromatic N) is 2. The second kappa shape index (κ2) is 4.95.